The summed E-state index contributed by atoms with van der Waals surface area (Å²) in [4.78, 5) is 17.3. The molecule has 44 heavy (non-hydrogen) atoms. The summed E-state index contributed by atoms with van der Waals surface area (Å²) in [7, 11) is -3.34. The molecule has 1 fully saturated rings. The summed E-state index contributed by atoms with van der Waals surface area (Å²) in [5.74, 6) is 0.415. The van der Waals surface area contributed by atoms with Gasteiger partial charge in [0.25, 0.3) is 0 Å². The first-order valence-corrected chi connectivity index (χ1v) is 15.7. The van der Waals surface area contributed by atoms with Crippen LogP contribution in [0.5, 0.6) is 11.5 Å². The predicted molar refractivity (Wildman–Crippen MR) is 171 cm³/mol. The molecule has 12 heteroatoms. The molecule has 2 N–H and O–H groups in total. The van der Waals surface area contributed by atoms with Crippen LogP contribution in [0.4, 0.5) is 30.6 Å². The van der Waals surface area contributed by atoms with Crippen molar-refractivity contribution in [1.82, 2.24) is 4.90 Å². The molecule has 1 heterocycles. The highest BCUT2D eigenvalue weighted by atomic mass is 35.5. The predicted octanol–water partition coefficient (Wildman–Crippen LogP) is 7.25. The third-order valence-electron chi connectivity index (χ3n) is 7.05. The number of urea groups is 1. The van der Waals surface area contributed by atoms with E-state index >= 15 is 0 Å². The van der Waals surface area contributed by atoms with E-state index in [0.29, 0.717) is 41.4 Å². The molecule has 5 rings (SSSR count). The first kappa shape index (κ1) is 32.7. The van der Waals surface area contributed by atoms with Crippen LogP contribution in [0.2, 0.25) is 0 Å². The molecule has 1 aliphatic rings. The number of carbonyl (C=O) groups excluding carboxylic acids is 1. The van der Waals surface area contributed by atoms with Gasteiger partial charge in [-0.2, -0.15) is 0 Å². The van der Waals surface area contributed by atoms with Gasteiger partial charge < -0.3 is 10.1 Å². The zero-order chi connectivity index (χ0) is 30.4. The van der Waals surface area contributed by atoms with E-state index in [0.717, 1.165) is 31.5 Å². The van der Waals surface area contributed by atoms with Gasteiger partial charge in [-0.25, -0.2) is 22.0 Å². The van der Waals surface area contributed by atoms with Crippen LogP contribution in [0.3, 0.4) is 0 Å². The van der Waals surface area contributed by atoms with Crippen LogP contribution in [-0.2, 0) is 16.6 Å². The average Bonchev–Trinajstić information content (AvgIpc) is 2.97. The van der Waals surface area contributed by atoms with E-state index in [1.54, 1.807) is 41.3 Å². The minimum atomic E-state index is -3.34. The fourth-order valence-electron chi connectivity index (χ4n) is 5.03. The van der Waals surface area contributed by atoms with Crippen molar-refractivity contribution < 1.29 is 26.7 Å². The van der Waals surface area contributed by atoms with Gasteiger partial charge in [-0.15, -0.1) is 12.4 Å². The van der Waals surface area contributed by atoms with Gasteiger partial charge in [-0.1, -0.05) is 18.2 Å². The monoisotopic (exact) mass is 642 g/mol. The summed E-state index contributed by atoms with van der Waals surface area (Å²) in [5, 5.41) is 2.81. The van der Waals surface area contributed by atoms with Crippen molar-refractivity contribution in [2.45, 2.75) is 25.4 Å². The number of nitrogens with zero attached hydrogens (tertiary/aromatic N) is 2. The Morgan fingerprint density at radius 2 is 1.45 bits per heavy atom. The zero-order valence-corrected chi connectivity index (χ0v) is 25.6. The number of carbonyl (C=O) groups is 1. The zero-order valence-electron chi connectivity index (χ0n) is 24.0. The van der Waals surface area contributed by atoms with Crippen LogP contribution in [0.1, 0.15) is 18.4 Å². The van der Waals surface area contributed by atoms with Crippen LogP contribution in [0.25, 0.3) is 0 Å². The number of halogens is 3. The van der Waals surface area contributed by atoms with Crippen molar-refractivity contribution in [3.05, 3.63) is 114 Å². The van der Waals surface area contributed by atoms with E-state index in [4.69, 9.17) is 4.74 Å². The van der Waals surface area contributed by atoms with Gasteiger partial charge in [0.1, 0.15) is 23.1 Å². The van der Waals surface area contributed by atoms with Crippen LogP contribution < -0.4 is 19.7 Å². The van der Waals surface area contributed by atoms with E-state index < -0.39 is 27.7 Å². The van der Waals surface area contributed by atoms with Crippen molar-refractivity contribution >= 4 is 45.5 Å². The molecule has 0 radical (unpaired) electrons. The number of hydrogen-bond acceptors (Lipinski definition) is 5. The van der Waals surface area contributed by atoms with Gasteiger partial charge >= 0.3 is 6.03 Å². The number of nitrogens with one attached hydrogen (secondary N) is 2. The van der Waals surface area contributed by atoms with Crippen LogP contribution in [0, 0.1) is 11.6 Å². The van der Waals surface area contributed by atoms with E-state index in [1.165, 1.54) is 36.4 Å². The molecular weight excluding hydrogens is 610 g/mol. The first-order chi connectivity index (χ1) is 20.6. The molecule has 2 amide bonds. The van der Waals surface area contributed by atoms with Gasteiger partial charge in [-0.05, 0) is 97.3 Å². The highest BCUT2D eigenvalue weighted by molar-refractivity contribution is 7.92. The molecule has 0 saturated carbocycles. The standard InChI is InChI=1S/C32H32F2N4O4S.ClH/c1-43(40,41)36-27-11-15-31(16-12-27)42-30-13-5-23(6-14-30)22-37-19-17-28(18-20-37)38(29-4-2-3-25(34)21-29)32(39)35-26-9-7-24(33)8-10-26;/h2-16,21,28,36H,17-20,22H2,1H3,(H,35,39);1H. The Morgan fingerprint density at radius 3 is 2.05 bits per heavy atom. The topological polar surface area (TPSA) is 91.0 Å². The lowest BCUT2D eigenvalue weighted by atomic mass is 10.0. The summed E-state index contributed by atoms with van der Waals surface area (Å²) in [5.41, 5.74) is 2.49. The molecule has 0 atom stereocenters. The SMILES string of the molecule is CS(=O)(=O)Nc1ccc(Oc2ccc(CN3CCC(N(C(=O)Nc4ccc(F)cc4)c4cccc(F)c4)CC3)cc2)cc1.Cl. The fourth-order valence-corrected chi connectivity index (χ4v) is 5.60. The third kappa shape index (κ3) is 9.15. The van der Waals surface area contributed by atoms with E-state index in [-0.39, 0.29) is 18.4 Å². The number of amides is 2. The average molecular weight is 643 g/mol. The number of hydrogen-bond donors (Lipinski definition) is 2. The van der Waals surface area contributed by atoms with Gasteiger partial charge in [0, 0.05) is 42.7 Å². The summed E-state index contributed by atoms with van der Waals surface area (Å²) in [6.45, 7) is 2.21. The number of rotatable bonds is 9. The van der Waals surface area contributed by atoms with Crippen molar-refractivity contribution in [1.29, 1.82) is 0 Å². The molecule has 232 valence electrons. The Hall–Kier alpha value is -4.19. The molecule has 1 aliphatic heterocycles. The van der Waals surface area contributed by atoms with Crippen LogP contribution >= 0.6 is 12.4 Å². The number of anilines is 3. The van der Waals surface area contributed by atoms with Crippen LogP contribution in [0.15, 0.2) is 97.1 Å². The van der Waals surface area contributed by atoms with Gasteiger partial charge in [-0.3, -0.25) is 14.5 Å². The van der Waals surface area contributed by atoms with E-state index in [1.807, 2.05) is 24.3 Å². The molecule has 1 saturated heterocycles. The largest absolute Gasteiger partial charge is 0.457 e. The van der Waals surface area contributed by atoms with Gasteiger partial charge in [0.15, 0.2) is 0 Å². The molecule has 4 aromatic rings. The molecular formula is C32H33ClF2N4O4S. The van der Waals surface area contributed by atoms with Crippen LogP contribution in [-0.4, -0.2) is 44.7 Å². The lowest BCUT2D eigenvalue weighted by molar-refractivity contribution is 0.199. The van der Waals surface area contributed by atoms with Crippen molar-refractivity contribution in [2.75, 3.05) is 34.3 Å². The maximum Gasteiger partial charge on any atom is 0.326 e. The summed E-state index contributed by atoms with van der Waals surface area (Å²) in [6, 6.07) is 25.4. The van der Waals surface area contributed by atoms with E-state index in [2.05, 4.69) is 14.9 Å². The van der Waals surface area contributed by atoms with Gasteiger partial charge in [0.05, 0.1) is 6.26 Å². The van der Waals surface area contributed by atoms with Gasteiger partial charge in [0.2, 0.25) is 10.0 Å². The minimum Gasteiger partial charge on any atom is -0.457 e. The van der Waals surface area contributed by atoms with Crippen molar-refractivity contribution in [3.63, 3.8) is 0 Å². The number of sulfonamides is 1. The first-order valence-electron chi connectivity index (χ1n) is 13.8. The molecule has 0 aromatic heterocycles. The van der Waals surface area contributed by atoms with E-state index in [9.17, 15) is 22.0 Å². The molecule has 0 aliphatic carbocycles. The van der Waals surface area contributed by atoms with Crippen molar-refractivity contribution in [3.8, 4) is 11.5 Å². The highest BCUT2D eigenvalue weighted by Gasteiger charge is 2.29. The third-order valence-corrected chi connectivity index (χ3v) is 7.65. The summed E-state index contributed by atoms with van der Waals surface area (Å²) >= 11 is 0. The number of ether oxygens (including phenoxy) is 1. The molecule has 0 spiro atoms. The minimum absolute atomic E-state index is 0. The lowest BCUT2D eigenvalue weighted by Crippen LogP contribution is -2.49. The number of likely N-dealkylation sites (tertiary alicyclic amines) is 1. The fraction of sp³-hybridized carbons (Fsp3) is 0.219. The normalized spacial score (nSPS) is 13.9. The second kappa shape index (κ2) is 14.5. The Labute approximate surface area is 262 Å². The summed E-state index contributed by atoms with van der Waals surface area (Å²) < 4.78 is 58.5. The quantitative estimate of drug-likeness (QED) is 0.201. The Morgan fingerprint density at radius 1 is 0.864 bits per heavy atom. The molecule has 8 nitrogen and oxygen atoms in total. The Balaban J connectivity index is 0.00000442. The van der Waals surface area contributed by atoms with Crippen molar-refractivity contribution in [2.24, 2.45) is 0 Å². The highest BCUT2D eigenvalue weighted by Crippen LogP contribution is 2.28. The number of benzene rings is 4. The smallest absolute Gasteiger partial charge is 0.326 e. The number of piperidine rings is 1. The lowest BCUT2D eigenvalue weighted by Gasteiger charge is -2.38. The molecule has 0 unspecified atom stereocenters. The maximum atomic E-state index is 14.1. The maximum absolute atomic E-state index is 14.1. The molecule has 4 aromatic carbocycles. The molecule has 0 bridgehead atoms. The second-order valence-electron chi connectivity index (χ2n) is 10.4. The summed E-state index contributed by atoms with van der Waals surface area (Å²) in [6.07, 6.45) is 2.48. The Kier molecular flexibility index (Phi) is 10.8. The second-order valence-corrected chi connectivity index (χ2v) is 12.2. The Bertz CT molecular complexity index is 1650.